The maximum Gasteiger partial charge on any atom is 0.202 e. The van der Waals surface area contributed by atoms with Crippen LogP contribution in [0, 0.1) is 11.3 Å². The number of anilines is 1. The fourth-order valence-corrected chi connectivity index (χ4v) is 2.40. The number of hydrogen-bond donors (Lipinski definition) is 0. The minimum atomic E-state index is -1.22. The second kappa shape index (κ2) is 5.55. The van der Waals surface area contributed by atoms with Gasteiger partial charge in [-0.2, -0.15) is 5.26 Å². The van der Waals surface area contributed by atoms with E-state index in [1.54, 1.807) is 12.1 Å². The Morgan fingerprint density at radius 1 is 1.32 bits per heavy atom. The first-order valence-corrected chi connectivity index (χ1v) is 6.14. The van der Waals surface area contributed by atoms with Crippen LogP contribution >= 0.6 is 0 Å². The van der Waals surface area contributed by atoms with Gasteiger partial charge in [-0.15, -0.1) is 0 Å². The third kappa shape index (κ3) is 2.55. The molecule has 1 saturated heterocycles. The average Bonchev–Trinajstić information content (AvgIpc) is 2.48. The van der Waals surface area contributed by atoms with Crippen LogP contribution in [0.25, 0.3) is 0 Å². The molecule has 1 atom stereocenters. The number of alkyl halides is 1. The number of nitrogens with zero attached hydrogens (tertiary/aromatic N) is 2. The summed E-state index contributed by atoms with van der Waals surface area (Å²) < 4.78 is 24.6. The van der Waals surface area contributed by atoms with Gasteiger partial charge in [-0.05, 0) is 24.3 Å². The van der Waals surface area contributed by atoms with Crippen molar-refractivity contribution in [3.63, 3.8) is 0 Å². The molecule has 0 bridgehead atoms. The van der Waals surface area contributed by atoms with Crippen LogP contribution in [0.5, 0.6) is 0 Å². The summed E-state index contributed by atoms with van der Waals surface area (Å²) in [6.45, 7) is 0.863. The summed E-state index contributed by atoms with van der Waals surface area (Å²) in [5, 5.41) is 8.76. The first-order chi connectivity index (χ1) is 9.15. The molecule has 5 heteroatoms. The first kappa shape index (κ1) is 13.8. The van der Waals surface area contributed by atoms with Gasteiger partial charge in [-0.1, -0.05) is 0 Å². The van der Waals surface area contributed by atoms with Gasteiger partial charge in [0.1, 0.15) is 0 Å². The quantitative estimate of drug-likeness (QED) is 0.784. The summed E-state index contributed by atoms with van der Waals surface area (Å²) in [7, 11) is 2.93. The summed E-state index contributed by atoms with van der Waals surface area (Å²) in [4.78, 5) is 1.93. The largest absolute Gasteiger partial charge is 0.368 e. The summed E-state index contributed by atoms with van der Waals surface area (Å²) in [6.07, 6.45) is -0.756. The van der Waals surface area contributed by atoms with Gasteiger partial charge in [0.25, 0.3) is 0 Å². The van der Waals surface area contributed by atoms with Gasteiger partial charge in [0, 0.05) is 32.9 Å². The third-order valence-corrected chi connectivity index (χ3v) is 3.64. The molecule has 1 aromatic rings. The van der Waals surface area contributed by atoms with E-state index in [0.717, 1.165) is 5.69 Å². The number of rotatable bonds is 3. The summed E-state index contributed by atoms with van der Waals surface area (Å²) in [6, 6.07) is 9.19. The Morgan fingerprint density at radius 3 is 2.42 bits per heavy atom. The average molecular weight is 264 g/mol. The molecule has 0 amide bonds. The van der Waals surface area contributed by atoms with E-state index in [1.165, 1.54) is 14.2 Å². The summed E-state index contributed by atoms with van der Waals surface area (Å²) in [5.41, 5.74) is 1.50. The van der Waals surface area contributed by atoms with Gasteiger partial charge < -0.3 is 14.4 Å². The zero-order valence-electron chi connectivity index (χ0n) is 11.1. The van der Waals surface area contributed by atoms with Gasteiger partial charge in [0.05, 0.1) is 18.2 Å². The van der Waals surface area contributed by atoms with Crippen molar-refractivity contribution < 1.29 is 13.9 Å². The van der Waals surface area contributed by atoms with E-state index in [-0.39, 0.29) is 6.54 Å². The Kier molecular flexibility index (Phi) is 4.03. The molecule has 1 unspecified atom stereocenters. The molecule has 4 nitrogen and oxygen atoms in total. The number of methoxy groups -OCH3 is 2. The molecule has 0 saturated carbocycles. The van der Waals surface area contributed by atoms with E-state index in [0.29, 0.717) is 18.5 Å². The van der Waals surface area contributed by atoms with Crippen molar-refractivity contribution >= 4 is 5.69 Å². The predicted octanol–water partition coefficient (Wildman–Crippen LogP) is 2.10. The summed E-state index contributed by atoms with van der Waals surface area (Å²) >= 11 is 0. The zero-order chi connectivity index (χ0) is 13.9. The first-order valence-electron chi connectivity index (χ1n) is 6.14. The van der Waals surface area contributed by atoms with E-state index in [9.17, 15) is 4.39 Å². The lowest BCUT2D eigenvalue weighted by atomic mass is 10.0. The van der Waals surface area contributed by atoms with E-state index >= 15 is 0 Å². The Balaban J connectivity index is 2.11. The lowest BCUT2D eigenvalue weighted by Crippen LogP contribution is -2.55. The minimum absolute atomic E-state index is 0.216. The van der Waals surface area contributed by atoms with Crippen LogP contribution in [0.15, 0.2) is 24.3 Å². The van der Waals surface area contributed by atoms with Crippen LogP contribution in [0.4, 0.5) is 10.1 Å². The number of piperidine rings is 1. The molecule has 0 aromatic heterocycles. The van der Waals surface area contributed by atoms with Crippen molar-refractivity contribution in [2.24, 2.45) is 0 Å². The highest BCUT2D eigenvalue weighted by atomic mass is 19.1. The molecule has 1 fully saturated rings. The van der Waals surface area contributed by atoms with Gasteiger partial charge in [-0.25, -0.2) is 4.39 Å². The molecule has 1 aliphatic heterocycles. The molecular weight excluding hydrogens is 247 g/mol. The molecule has 1 aromatic carbocycles. The van der Waals surface area contributed by atoms with Crippen LogP contribution < -0.4 is 4.90 Å². The standard InChI is InChI=1S/C14H17FN2O2/c1-18-14(19-2)7-8-17(10-13(14)15)12-5-3-11(9-16)4-6-12/h3-6,13H,7-8,10H2,1-2H3. The number of ether oxygens (including phenoxy) is 2. The molecule has 1 aliphatic rings. The molecule has 0 radical (unpaired) electrons. The normalized spacial score (nSPS) is 22.0. The van der Waals surface area contributed by atoms with Crippen molar-refractivity contribution in [2.45, 2.75) is 18.4 Å². The SMILES string of the molecule is COC1(OC)CCN(c2ccc(C#N)cc2)CC1F. The number of nitriles is 1. The highest BCUT2D eigenvalue weighted by Gasteiger charge is 2.44. The van der Waals surface area contributed by atoms with Crippen LogP contribution in [-0.4, -0.2) is 39.3 Å². The molecule has 0 aliphatic carbocycles. The highest BCUT2D eigenvalue weighted by Crippen LogP contribution is 2.31. The fourth-order valence-electron chi connectivity index (χ4n) is 2.40. The van der Waals surface area contributed by atoms with E-state index in [2.05, 4.69) is 6.07 Å². The lowest BCUT2D eigenvalue weighted by molar-refractivity contribution is -0.249. The molecule has 19 heavy (non-hydrogen) atoms. The maximum atomic E-state index is 14.2. The fraction of sp³-hybridized carbons (Fsp3) is 0.500. The maximum absolute atomic E-state index is 14.2. The molecule has 102 valence electrons. The van der Waals surface area contributed by atoms with Gasteiger partial charge in [-0.3, -0.25) is 0 Å². The number of hydrogen-bond acceptors (Lipinski definition) is 4. The Labute approximate surface area is 112 Å². The Morgan fingerprint density at radius 2 is 1.95 bits per heavy atom. The predicted molar refractivity (Wildman–Crippen MR) is 69.6 cm³/mol. The lowest BCUT2D eigenvalue weighted by Gasteiger charge is -2.42. The van der Waals surface area contributed by atoms with Crippen LogP contribution in [0.2, 0.25) is 0 Å². The van der Waals surface area contributed by atoms with Crippen molar-refractivity contribution in [1.82, 2.24) is 0 Å². The monoisotopic (exact) mass is 264 g/mol. The van der Waals surface area contributed by atoms with E-state index < -0.39 is 12.0 Å². The van der Waals surface area contributed by atoms with Crippen molar-refractivity contribution in [3.8, 4) is 6.07 Å². The minimum Gasteiger partial charge on any atom is -0.368 e. The van der Waals surface area contributed by atoms with Crippen molar-refractivity contribution in [1.29, 1.82) is 5.26 Å². The van der Waals surface area contributed by atoms with Crippen molar-refractivity contribution in [3.05, 3.63) is 29.8 Å². The van der Waals surface area contributed by atoms with Gasteiger partial charge in [0.2, 0.25) is 5.79 Å². The third-order valence-electron chi connectivity index (χ3n) is 3.64. The molecule has 0 N–H and O–H groups in total. The molecule has 1 heterocycles. The van der Waals surface area contributed by atoms with E-state index in [4.69, 9.17) is 14.7 Å². The Hall–Kier alpha value is -1.64. The second-order valence-electron chi connectivity index (χ2n) is 4.54. The molecule has 0 spiro atoms. The number of benzene rings is 1. The molecular formula is C14H17FN2O2. The summed E-state index contributed by atoms with van der Waals surface area (Å²) in [5.74, 6) is -1.14. The van der Waals surface area contributed by atoms with Gasteiger partial charge >= 0.3 is 0 Å². The van der Waals surface area contributed by atoms with Crippen LogP contribution in [0.1, 0.15) is 12.0 Å². The number of halogens is 1. The smallest absolute Gasteiger partial charge is 0.202 e. The van der Waals surface area contributed by atoms with Crippen LogP contribution in [0.3, 0.4) is 0 Å². The van der Waals surface area contributed by atoms with E-state index in [1.807, 2.05) is 17.0 Å². The zero-order valence-corrected chi connectivity index (χ0v) is 11.1. The van der Waals surface area contributed by atoms with Crippen LogP contribution in [-0.2, 0) is 9.47 Å². The van der Waals surface area contributed by atoms with Gasteiger partial charge in [0.15, 0.2) is 6.17 Å². The topological polar surface area (TPSA) is 45.5 Å². The Bertz CT molecular complexity index is 465. The molecule has 2 rings (SSSR count). The second-order valence-corrected chi connectivity index (χ2v) is 4.54. The van der Waals surface area contributed by atoms with Crippen molar-refractivity contribution in [2.75, 3.05) is 32.2 Å². The highest BCUT2D eigenvalue weighted by molar-refractivity contribution is 5.50.